The van der Waals surface area contributed by atoms with E-state index in [9.17, 15) is 0 Å². The molecule has 0 N–H and O–H groups in total. The Morgan fingerprint density at radius 2 is 1.48 bits per heavy atom. The van der Waals surface area contributed by atoms with Gasteiger partial charge in [0.2, 0.25) is 0 Å². The van der Waals surface area contributed by atoms with Gasteiger partial charge in [-0.15, -0.1) is 11.3 Å². The Bertz CT molecular complexity index is 857. The molecule has 0 radical (unpaired) electrons. The highest BCUT2D eigenvalue weighted by Gasteiger charge is 2.05. The van der Waals surface area contributed by atoms with Crippen LogP contribution in [0.2, 0.25) is 0 Å². The lowest BCUT2D eigenvalue weighted by Crippen LogP contribution is -1.79. The van der Waals surface area contributed by atoms with Crippen LogP contribution >= 0.6 is 11.3 Å². The molecule has 114 valence electrons. The van der Waals surface area contributed by atoms with E-state index in [1.54, 1.807) is 18.4 Å². The third-order valence-electron chi connectivity index (χ3n) is 3.45. The zero-order valence-corrected chi connectivity index (χ0v) is 13.8. The summed E-state index contributed by atoms with van der Waals surface area (Å²) in [7, 11) is 1.70. The number of hydrogen-bond donors (Lipinski definition) is 0. The number of methoxy groups -OCH3 is 1. The summed E-state index contributed by atoms with van der Waals surface area (Å²) in [5.41, 5.74) is 1.20. The fourth-order valence-corrected chi connectivity index (χ4v) is 3.36. The highest BCUT2D eigenvalue weighted by Crippen LogP contribution is 2.33. The average molecular weight is 318 g/mol. The molecule has 1 aliphatic carbocycles. The standard InChI is InChI=1S/C21H18OS/c1-22-19-14-13-18-15-20(23-21(18)16-19)17-11-9-7-5-3-2-4-6-8-10-12-17/h2-16H,1H3. The monoisotopic (exact) mass is 318 g/mol. The van der Waals surface area contributed by atoms with E-state index in [1.165, 1.54) is 20.5 Å². The molecule has 0 spiro atoms. The van der Waals surface area contributed by atoms with E-state index in [4.69, 9.17) is 4.74 Å². The molecule has 3 rings (SSSR count). The Balaban J connectivity index is 1.99. The van der Waals surface area contributed by atoms with Crippen LogP contribution in [0, 0.1) is 0 Å². The Labute approximate surface area is 140 Å². The van der Waals surface area contributed by atoms with E-state index >= 15 is 0 Å². The van der Waals surface area contributed by atoms with Gasteiger partial charge >= 0.3 is 0 Å². The summed E-state index contributed by atoms with van der Waals surface area (Å²) < 4.78 is 6.55. The molecule has 1 aromatic carbocycles. The van der Waals surface area contributed by atoms with E-state index in [2.05, 4.69) is 42.5 Å². The Hall–Kier alpha value is -2.58. The number of ether oxygens (including phenoxy) is 1. The van der Waals surface area contributed by atoms with Crippen molar-refractivity contribution in [3.05, 3.63) is 96.0 Å². The maximum Gasteiger partial charge on any atom is 0.120 e. The maximum absolute atomic E-state index is 5.31. The van der Waals surface area contributed by atoms with Gasteiger partial charge < -0.3 is 4.74 Å². The molecule has 0 fully saturated rings. The second kappa shape index (κ2) is 7.61. The number of rotatable bonds is 2. The largest absolute Gasteiger partial charge is 0.497 e. The number of benzene rings is 1. The number of hydrogen-bond acceptors (Lipinski definition) is 2. The third-order valence-corrected chi connectivity index (χ3v) is 4.60. The van der Waals surface area contributed by atoms with E-state index in [0.717, 1.165) is 5.75 Å². The van der Waals surface area contributed by atoms with Crippen molar-refractivity contribution in [1.29, 1.82) is 0 Å². The molecule has 0 saturated heterocycles. The van der Waals surface area contributed by atoms with Crippen LogP contribution in [0.15, 0.2) is 91.1 Å². The first-order chi connectivity index (χ1) is 11.4. The quantitative estimate of drug-likeness (QED) is 0.651. The first-order valence-corrected chi connectivity index (χ1v) is 8.31. The Kier molecular flexibility index (Phi) is 5.07. The van der Waals surface area contributed by atoms with Crippen molar-refractivity contribution in [2.75, 3.05) is 7.11 Å². The minimum Gasteiger partial charge on any atom is -0.497 e. The Morgan fingerprint density at radius 1 is 0.783 bits per heavy atom. The van der Waals surface area contributed by atoms with Gasteiger partial charge in [0.25, 0.3) is 0 Å². The number of allylic oxidation sites excluding steroid dienone is 12. The summed E-state index contributed by atoms with van der Waals surface area (Å²) in [5, 5.41) is 1.24. The SMILES string of the molecule is COc1ccc2cc(C3=CC=CC=CC=CC=CC=C3)sc2c1. The summed E-state index contributed by atoms with van der Waals surface area (Å²) in [6, 6.07) is 8.43. The minimum absolute atomic E-state index is 0.897. The highest BCUT2D eigenvalue weighted by atomic mass is 32.1. The fourth-order valence-electron chi connectivity index (χ4n) is 2.27. The van der Waals surface area contributed by atoms with Gasteiger partial charge in [0.05, 0.1) is 7.11 Å². The first kappa shape index (κ1) is 15.3. The molecule has 0 atom stereocenters. The smallest absolute Gasteiger partial charge is 0.120 e. The number of fused-ring (bicyclic) bond motifs is 1. The number of thiophene rings is 1. The average Bonchev–Trinajstić information content (AvgIpc) is 2.98. The van der Waals surface area contributed by atoms with Gasteiger partial charge in [-0.05, 0) is 35.2 Å². The van der Waals surface area contributed by atoms with Crippen LogP contribution in [0.3, 0.4) is 0 Å². The zero-order chi connectivity index (χ0) is 15.9. The van der Waals surface area contributed by atoms with Crippen LogP contribution < -0.4 is 4.74 Å². The molecule has 0 bridgehead atoms. The van der Waals surface area contributed by atoms with Crippen molar-refractivity contribution < 1.29 is 4.74 Å². The van der Waals surface area contributed by atoms with Crippen molar-refractivity contribution in [2.45, 2.75) is 0 Å². The van der Waals surface area contributed by atoms with Crippen LogP contribution in [0.4, 0.5) is 0 Å². The highest BCUT2D eigenvalue weighted by molar-refractivity contribution is 7.20. The van der Waals surface area contributed by atoms with E-state index in [1.807, 2.05) is 48.6 Å². The molecule has 23 heavy (non-hydrogen) atoms. The van der Waals surface area contributed by atoms with Crippen LogP contribution in [-0.4, -0.2) is 7.11 Å². The van der Waals surface area contributed by atoms with Gasteiger partial charge in [-0.1, -0.05) is 66.8 Å². The van der Waals surface area contributed by atoms with E-state index in [0.29, 0.717) is 0 Å². The minimum atomic E-state index is 0.897. The molecule has 0 unspecified atom stereocenters. The van der Waals surface area contributed by atoms with Gasteiger partial charge in [0, 0.05) is 9.58 Å². The van der Waals surface area contributed by atoms with Gasteiger partial charge in [-0.25, -0.2) is 0 Å². The first-order valence-electron chi connectivity index (χ1n) is 7.50. The fraction of sp³-hybridized carbons (Fsp3) is 0.0476. The van der Waals surface area contributed by atoms with Gasteiger partial charge in [0.15, 0.2) is 0 Å². The normalized spacial score (nSPS) is 14.6. The molecule has 2 heteroatoms. The summed E-state index contributed by atoms with van der Waals surface area (Å²) in [5.74, 6) is 0.897. The van der Waals surface area contributed by atoms with Crippen molar-refractivity contribution in [3.8, 4) is 5.75 Å². The predicted molar refractivity (Wildman–Crippen MR) is 102 cm³/mol. The van der Waals surface area contributed by atoms with Crippen LogP contribution in [-0.2, 0) is 0 Å². The second-order valence-electron chi connectivity index (χ2n) is 5.04. The van der Waals surface area contributed by atoms with E-state index < -0.39 is 0 Å². The van der Waals surface area contributed by atoms with Crippen molar-refractivity contribution >= 4 is 27.0 Å². The van der Waals surface area contributed by atoms with Gasteiger partial charge in [-0.2, -0.15) is 0 Å². The molecule has 2 aromatic rings. The molecular formula is C21H18OS. The summed E-state index contributed by atoms with van der Waals surface area (Å²) >= 11 is 1.78. The van der Waals surface area contributed by atoms with Crippen molar-refractivity contribution in [3.63, 3.8) is 0 Å². The second-order valence-corrected chi connectivity index (χ2v) is 6.12. The molecule has 1 nitrogen and oxygen atoms in total. The molecular weight excluding hydrogens is 300 g/mol. The maximum atomic E-state index is 5.31. The lowest BCUT2D eigenvalue weighted by molar-refractivity contribution is 0.415. The van der Waals surface area contributed by atoms with Gasteiger partial charge in [-0.3, -0.25) is 0 Å². The van der Waals surface area contributed by atoms with Crippen molar-refractivity contribution in [1.82, 2.24) is 0 Å². The van der Waals surface area contributed by atoms with Gasteiger partial charge in [0.1, 0.15) is 5.75 Å². The topological polar surface area (TPSA) is 9.23 Å². The lowest BCUT2D eigenvalue weighted by atomic mass is 10.1. The lowest BCUT2D eigenvalue weighted by Gasteiger charge is -1.97. The van der Waals surface area contributed by atoms with E-state index in [-0.39, 0.29) is 0 Å². The van der Waals surface area contributed by atoms with Crippen LogP contribution in [0.1, 0.15) is 4.88 Å². The Morgan fingerprint density at radius 3 is 2.22 bits per heavy atom. The molecule has 1 aliphatic rings. The van der Waals surface area contributed by atoms with Crippen LogP contribution in [0.25, 0.3) is 15.7 Å². The zero-order valence-electron chi connectivity index (χ0n) is 13.0. The molecule has 1 heterocycles. The third kappa shape index (κ3) is 3.99. The summed E-state index contributed by atoms with van der Waals surface area (Å²) in [6.07, 6.45) is 22.6. The predicted octanol–water partition coefficient (Wildman–Crippen LogP) is 6.09. The molecule has 1 aromatic heterocycles. The molecule has 0 amide bonds. The van der Waals surface area contributed by atoms with Crippen molar-refractivity contribution in [2.24, 2.45) is 0 Å². The summed E-state index contributed by atoms with van der Waals surface area (Å²) in [4.78, 5) is 1.25. The van der Waals surface area contributed by atoms with Crippen LogP contribution in [0.5, 0.6) is 5.75 Å². The molecule has 0 aliphatic heterocycles. The molecule has 0 saturated carbocycles. The summed E-state index contributed by atoms with van der Waals surface area (Å²) in [6.45, 7) is 0.